The molecule has 0 radical (unpaired) electrons. The zero-order valence-electron chi connectivity index (χ0n) is 8.54. The molecule has 0 spiro atoms. The molecular formula is C11H15NO2. The van der Waals surface area contributed by atoms with Gasteiger partial charge in [-0.3, -0.25) is 4.79 Å². The molecule has 0 saturated carbocycles. The first-order chi connectivity index (χ1) is 6.72. The number of carbonyl (C=O) groups excluding carboxylic acids is 1. The van der Waals surface area contributed by atoms with Gasteiger partial charge in [-0.25, -0.2) is 0 Å². The van der Waals surface area contributed by atoms with Crippen molar-refractivity contribution in [3.63, 3.8) is 0 Å². The molecule has 3 heteroatoms. The second kappa shape index (κ2) is 5.27. The Morgan fingerprint density at radius 1 is 1.50 bits per heavy atom. The summed E-state index contributed by atoms with van der Waals surface area (Å²) in [6, 6.07) is 7.63. The maximum atomic E-state index is 11.1. The molecule has 1 amide bonds. The highest BCUT2D eigenvalue weighted by atomic mass is 16.5. The largest absolute Gasteiger partial charge is 0.484 e. The van der Waals surface area contributed by atoms with E-state index in [1.54, 1.807) is 0 Å². The summed E-state index contributed by atoms with van der Waals surface area (Å²) in [5, 5.41) is 2.67. The van der Waals surface area contributed by atoms with E-state index >= 15 is 0 Å². The Bertz CT molecular complexity index is 310. The van der Waals surface area contributed by atoms with Crippen LogP contribution >= 0.6 is 0 Å². The number of likely N-dealkylation sites (N-methyl/N-ethyl adjacent to an activating group) is 1. The molecule has 1 aromatic carbocycles. The number of hydrogen-bond donors (Lipinski definition) is 1. The van der Waals surface area contributed by atoms with Gasteiger partial charge in [-0.15, -0.1) is 0 Å². The summed E-state index contributed by atoms with van der Waals surface area (Å²) >= 11 is 0. The van der Waals surface area contributed by atoms with Crippen molar-refractivity contribution in [2.75, 3.05) is 13.2 Å². The summed E-state index contributed by atoms with van der Waals surface area (Å²) < 4.78 is 5.29. The second-order valence-corrected chi connectivity index (χ2v) is 3.06. The molecule has 0 aliphatic rings. The van der Waals surface area contributed by atoms with E-state index < -0.39 is 0 Å². The van der Waals surface area contributed by atoms with Crippen LogP contribution in [0.3, 0.4) is 0 Å². The molecule has 1 aromatic rings. The van der Waals surface area contributed by atoms with Gasteiger partial charge < -0.3 is 10.1 Å². The normalized spacial score (nSPS) is 9.57. The van der Waals surface area contributed by atoms with Crippen LogP contribution in [0.5, 0.6) is 5.75 Å². The lowest BCUT2D eigenvalue weighted by Gasteiger charge is -2.06. The van der Waals surface area contributed by atoms with Gasteiger partial charge in [-0.2, -0.15) is 0 Å². The highest BCUT2D eigenvalue weighted by Gasteiger charge is 2.00. The fourth-order valence-corrected chi connectivity index (χ4v) is 1.10. The van der Waals surface area contributed by atoms with Gasteiger partial charge in [-0.1, -0.05) is 12.1 Å². The monoisotopic (exact) mass is 193 g/mol. The third kappa shape index (κ3) is 3.47. The van der Waals surface area contributed by atoms with Crippen molar-refractivity contribution >= 4 is 5.91 Å². The maximum Gasteiger partial charge on any atom is 0.257 e. The fraction of sp³-hybridized carbons (Fsp3) is 0.364. The van der Waals surface area contributed by atoms with Crippen LogP contribution in [0.15, 0.2) is 24.3 Å². The SMILES string of the molecule is CCNC(=O)COc1cccc(C)c1. The van der Waals surface area contributed by atoms with E-state index in [0.29, 0.717) is 6.54 Å². The molecule has 0 aromatic heterocycles. The molecule has 0 saturated heterocycles. The van der Waals surface area contributed by atoms with Crippen molar-refractivity contribution < 1.29 is 9.53 Å². The van der Waals surface area contributed by atoms with Crippen molar-refractivity contribution in [1.29, 1.82) is 0 Å². The molecule has 0 fully saturated rings. The number of benzene rings is 1. The highest BCUT2D eigenvalue weighted by molar-refractivity contribution is 5.77. The smallest absolute Gasteiger partial charge is 0.257 e. The lowest BCUT2D eigenvalue weighted by Crippen LogP contribution is -2.28. The van der Waals surface area contributed by atoms with Crippen molar-refractivity contribution in [3.05, 3.63) is 29.8 Å². The van der Waals surface area contributed by atoms with E-state index in [-0.39, 0.29) is 12.5 Å². The zero-order valence-corrected chi connectivity index (χ0v) is 8.54. The predicted octanol–water partition coefficient (Wildman–Crippen LogP) is 1.51. The average Bonchev–Trinajstić information content (AvgIpc) is 2.15. The molecule has 0 aliphatic heterocycles. The molecule has 76 valence electrons. The molecule has 1 N–H and O–H groups in total. The van der Waals surface area contributed by atoms with Crippen LogP contribution in [-0.4, -0.2) is 19.1 Å². The Kier molecular flexibility index (Phi) is 3.98. The zero-order chi connectivity index (χ0) is 10.4. The van der Waals surface area contributed by atoms with Crippen LogP contribution in [0.4, 0.5) is 0 Å². The Balaban J connectivity index is 2.41. The molecule has 0 atom stereocenters. The summed E-state index contributed by atoms with van der Waals surface area (Å²) in [6.07, 6.45) is 0. The molecule has 3 nitrogen and oxygen atoms in total. The van der Waals surface area contributed by atoms with Crippen LogP contribution in [0.25, 0.3) is 0 Å². The summed E-state index contributed by atoms with van der Waals surface area (Å²) in [6.45, 7) is 4.58. The second-order valence-electron chi connectivity index (χ2n) is 3.06. The van der Waals surface area contributed by atoms with Gasteiger partial charge in [0.25, 0.3) is 5.91 Å². The number of carbonyl (C=O) groups is 1. The van der Waals surface area contributed by atoms with Crippen LogP contribution in [-0.2, 0) is 4.79 Å². The minimum Gasteiger partial charge on any atom is -0.484 e. The molecule has 0 unspecified atom stereocenters. The van der Waals surface area contributed by atoms with Gasteiger partial charge in [-0.05, 0) is 31.5 Å². The Morgan fingerprint density at radius 3 is 2.93 bits per heavy atom. The van der Waals surface area contributed by atoms with Gasteiger partial charge in [0, 0.05) is 6.54 Å². The summed E-state index contributed by atoms with van der Waals surface area (Å²) in [4.78, 5) is 11.1. The minimum absolute atomic E-state index is 0.0806. The van der Waals surface area contributed by atoms with E-state index in [1.807, 2.05) is 38.1 Å². The summed E-state index contributed by atoms with van der Waals surface area (Å²) in [5.74, 6) is 0.644. The molecule has 0 aliphatic carbocycles. The fourth-order valence-electron chi connectivity index (χ4n) is 1.10. The van der Waals surface area contributed by atoms with Gasteiger partial charge in [0.15, 0.2) is 6.61 Å². The van der Waals surface area contributed by atoms with Crippen molar-refractivity contribution in [2.24, 2.45) is 0 Å². The Hall–Kier alpha value is -1.51. The molecule has 14 heavy (non-hydrogen) atoms. The van der Waals surface area contributed by atoms with Crippen LogP contribution < -0.4 is 10.1 Å². The number of aryl methyl sites for hydroxylation is 1. The molecular weight excluding hydrogens is 178 g/mol. The van der Waals surface area contributed by atoms with Gasteiger partial charge in [0.1, 0.15) is 5.75 Å². The first-order valence-electron chi connectivity index (χ1n) is 4.68. The standard InChI is InChI=1S/C11H15NO2/c1-3-12-11(13)8-14-10-6-4-5-9(2)7-10/h4-7H,3,8H2,1-2H3,(H,12,13). The minimum atomic E-state index is -0.0889. The van der Waals surface area contributed by atoms with Crippen molar-refractivity contribution in [3.8, 4) is 5.75 Å². The summed E-state index contributed by atoms with van der Waals surface area (Å²) in [5.41, 5.74) is 1.12. The number of amides is 1. The van der Waals surface area contributed by atoms with E-state index in [4.69, 9.17) is 4.74 Å². The molecule has 0 heterocycles. The lowest BCUT2D eigenvalue weighted by molar-refractivity contribution is -0.122. The van der Waals surface area contributed by atoms with E-state index in [0.717, 1.165) is 11.3 Å². The maximum absolute atomic E-state index is 11.1. The quantitative estimate of drug-likeness (QED) is 0.787. The van der Waals surface area contributed by atoms with Gasteiger partial charge in [0.05, 0.1) is 0 Å². The number of ether oxygens (including phenoxy) is 1. The van der Waals surface area contributed by atoms with Crippen molar-refractivity contribution in [1.82, 2.24) is 5.32 Å². The highest BCUT2D eigenvalue weighted by Crippen LogP contribution is 2.11. The van der Waals surface area contributed by atoms with Gasteiger partial charge >= 0.3 is 0 Å². The third-order valence-corrected chi connectivity index (χ3v) is 1.73. The Morgan fingerprint density at radius 2 is 2.29 bits per heavy atom. The van der Waals surface area contributed by atoms with Crippen LogP contribution in [0.1, 0.15) is 12.5 Å². The number of rotatable bonds is 4. The Labute approximate surface area is 84.1 Å². The van der Waals surface area contributed by atoms with E-state index in [9.17, 15) is 4.79 Å². The number of hydrogen-bond acceptors (Lipinski definition) is 2. The summed E-state index contributed by atoms with van der Waals surface area (Å²) in [7, 11) is 0. The molecule has 1 rings (SSSR count). The first-order valence-corrected chi connectivity index (χ1v) is 4.68. The molecule has 0 bridgehead atoms. The van der Waals surface area contributed by atoms with Crippen LogP contribution in [0, 0.1) is 6.92 Å². The third-order valence-electron chi connectivity index (χ3n) is 1.73. The topological polar surface area (TPSA) is 38.3 Å². The van der Waals surface area contributed by atoms with E-state index in [1.165, 1.54) is 0 Å². The lowest BCUT2D eigenvalue weighted by atomic mass is 10.2. The van der Waals surface area contributed by atoms with E-state index in [2.05, 4.69) is 5.32 Å². The first kappa shape index (κ1) is 10.6. The predicted molar refractivity (Wildman–Crippen MR) is 55.4 cm³/mol. The van der Waals surface area contributed by atoms with Gasteiger partial charge in [0.2, 0.25) is 0 Å². The van der Waals surface area contributed by atoms with Crippen molar-refractivity contribution in [2.45, 2.75) is 13.8 Å². The number of nitrogens with one attached hydrogen (secondary N) is 1. The van der Waals surface area contributed by atoms with Crippen LogP contribution in [0.2, 0.25) is 0 Å². The average molecular weight is 193 g/mol.